The van der Waals surface area contributed by atoms with Crippen LogP contribution in [0.4, 0.5) is 0 Å². The van der Waals surface area contributed by atoms with E-state index in [9.17, 15) is 4.79 Å². The Morgan fingerprint density at radius 3 is 2.75 bits per heavy atom. The third-order valence-electron chi connectivity index (χ3n) is 3.18. The summed E-state index contributed by atoms with van der Waals surface area (Å²) in [7, 11) is 0. The summed E-state index contributed by atoms with van der Waals surface area (Å²) in [4.78, 5) is 18.0. The third kappa shape index (κ3) is 6.72. The van der Waals surface area contributed by atoms with Crippen molar-refractivity contribution in [2.24, 2.45) is 10.8 Å². The highest BCUT2D eigenvalue weighted by atomic mass is 16.5. The van der Waals surface area contributed by atoms with Crippen LogP contribution in [-0.4, -0.2) is 56.2 Å². The molecule has 116 valence electrons. The molecule has 0 aromatic heterocycles. The fourth-order valence-electron chi connectivity index (χ4n) is 2.07. The van der Waals surface area contributed by atoms with Crippen molar-refractivity contribution in [3.05, 3.63) is 0 Å². The topological polar surface area (TPSA) is 92.0 Å². The SMILES string of the molecule is CCOCCCNC(=NCC(=O)N1CCCCC1)NN. The number of aliphatic imine (C=N–C) groups is 1. The van der Waals surface area contributed by atoms with Crippen molar-refractivity contribution in [1.82, 2.24) is 15.6 Å². The van der Waals surface area contributed by atoms with Crippen molar-refractivity contribution in [3.8, 4) is 0 Å². The zero-order valence-corrected chi connectivity index (χ0v) is 12.4. The van der Waals surface area contributed by atoms with Crippen molar-refractivity contribution in [1.29, 1.82) is 0 Å². The number of hydrogen-bond acceptors (Lipinski definition) is 4. The quantitative estimate of drug-likeness (QED) is 0.199. The number of likely N-dealkylation sites (tertiary alicyclic amines) is 1. The lowest BCUT2D eigenvalue weighted by Gasteiger charge is -2.26. The molecule has 0 bridgehead atoms. The lowest BCUT2D eigenvalue weighted by Crippen LogP contribution is -2.43. The minimum absolute atomic E-state index is 0.0635. The van der Waals surface area contributed by atoms with Crippen LogP contribution in [0.2, 0.25) is 0 Å². The van der Waals surface area contributed by atoms with E-state index in [1.165, 1.54) is 6.42 Å². The highest BCUT2D eigenvalue weighted by Gasteiger charge is 2.15. The number of carbonyl (C=O) groups is 1. The van der Waals surface area contributed by atoms with Gasteiger partial charge in [0.2, 0.25) is 11.9 Å². The lowest BCUT2D eigenvalue weighted by atomic mass is 10.1. The molecule has 1 rings (SSSR count). The van der Waals surface area contributed by atoms with Crippen LogP contribution < -0.4 is 16.6 Å². The van der Waals surface area contributed by atoms with Crippen LogP contribution in [0.25, 0.3) is 0 Å². The number of piperidine rings is 1. The van der Waals surface area contributed by atoms with E-state index in [4.69, 9.17) is 10.6 Å². The van der Waals surface area contributed by atoms with Gasteiger partial charge in [-0.25, -0.2) is 10.8 Å². The van der Waals surface area contributed by atoms with Gasteiger partial charge in [-0.2, -0.15) is 0 Å². The Kier molecular flexibility index (Phi) is 8.73. The van der Waals surface area contributed by atoms with Crippen LogP contribution in [0.3, 0.4) is 0 Å². The van der Waals surface area contributed by atoms with Crippen molar-refractivity contribution >= 4 is 11.9 Å². The van der Waals surface area contributed by atoms with Crippen LogP contribution in [0.15, 0.2) is 4.99 Å². The number of guanidine groups is 1. The number of nitrogens with zero attached hydrogens (tertiary/aromatic N) is 2. The molecule has 7 heteroatoms. The molecular weight excluding hydrogens is 258 g/mol. The van der Waals surface area contributed by atoms with E-state index < -0.39 is 0 Å². The molecule has 1 aliphatic rings. The second kappa shape index (κ2) is 10.4. The molecule has 0 aliphatic carbocycles. The summed E-state index contributed by atoms with van der Waals surface area (Å²) in [5, 5.41) is 3.05. The number of hydrogen-bond donors (Lipinski definition) is 3. The lowest BCUT2D eigenvalue weighted by molar-refractivity contribution is -0.130. The molecule has 0 saturated carbocycles. The second-order valence-electron chi connectivity index (χ2n) is 4.73. The fourth-order valence-corrected chi connectivity index (χ4v) is 2.07. The zero-order valence-electron chi connectivity index (χ0n) is 12.4. The van der Waals surface area contributed by atoms with Gasteiger partial charge < -0.3 is 15.0 Å². The fraction of sp³-hybridized carbons (Fsp3) is 0.846. The van der Waals surface area contributed by atoms with Gasteiger partial charge in [0.1, 0.15) is 6.54 Å². The van der Waals surface area contributed by atoms with E-state index in [0.29, 0.717) is 19.1 Å². The Balaban J connectivity index is 2.23. The van der Waals surface area contributed by atoms with Crippen LogP contribution in [0.5, 0.6) is 0 Å². The predicted molar refractivity (Wildman–Crippen MR) is 79.2 cm³/mol. The average Bonchev–Trinajstić information content (AvgIpc) is 2.50. The Labute approximate surface area is 120 Å². The first-order chi connectivity index (χ1) is 9.77. The number of carbonyl (C=O) groups excluding carboxylic acids is 1. The number of amides is 1. The zero-order chi connectivity index (χ0) is 14.6. The summed E-state index contributed by atoms with van der Waals surface area (Å²) in [6.07, 6.45) is 4.26. The van der Waals surface area contributed by atoms with Crippen LogP contribution in [0.1, 0.15) is 32.6 Å². The maximum atomic E-state index is 11.9. The van der Waals surface area contributed by atoms with E-state index >= 15 is 0 Å². The smallest absolute Gasteiger partial charge is 0.244 e. The van der Waals surface area contributed by atoms with Gasteiger partial charge in [0.05, 0.1) is 0 Å². The van der Waals surface area contributed by atoms with Gasteiger partial charge in [-0.15, -0.1) is 0 Å². The van der Waals surface area contributed by atoms with Crippen LogP contribution in [-0.2, 0) is 9.53 Å². The molecule has 7 nitrogen and oxygen atoms in total. The minimum Gasteiger partial charge on any atom is -0.382 e. The van der Waals surface area contributed by atoms with Gasteiger partial charge in [0.15, 0.2) is 0 Å². The highest BCUT2D eigenvalue weighted by molar-refractivity contribution is 5.84. The maximum Gasteiger partial charge on any atom is 0.244 e. The summed E-state index contributed by atoms with van der Waals surface area (Å²) < 4.78 is 5.23. The first kappa shape index (κ1) is 16.7. The van der Waals surface area contributed by atoms with Gasteiger partial charge in [0.25, 0.3) is 0 Å². The molecule has 1 fully saturated rings. The molecule has 0 radical (unpaired) electrons. The van der Waals surface area contributed by atoms with Crippen molar-refractivity contribution in [3.63, 3.8) is 0 Å². The number of ether oxygens (including phenoxy) is 1. The highest BCUT2D eigenvalue weighted by Crippen LogP contribution is 2.08. The maximum absolute atomic E-state index is 11.9. The normalized spacial score (nSPS) is 16.1. The average molecular weight is 285 g/mol. The summed E-state index contributed by atoms with van der Waals surface area (Å²) in [5.41, 5.74) is 2.48. The summed E-state index contributed by atoms with van der Waals surface area (Å²) in [6, 6.07) is 0. The molecule has 1 aliphatic heterocycles. The molecule has 1 saturated heterocycles. The van der Waals surface area contributed by atoms with E-state index in [1.54, 1.807) is 0 Å². The van der Waals surface area contributed by atoms with Gasteiger partial charge in [-0.3, -0.25) is 10.2 Å². The molecule has 0 atom stereocenters. The first-order valence-corrected chi connectivity index (χ1v) is 7.38. The van der Waals surface area contributed by atoms with Gasteiger partial charge >= 0.3 is 0 Å². The van der Waals surface area contributed by atoms with Gasteiger partial charge in [-0.05, 0) is 32.6 Å². The van der Waals surface area contributed by atoms with Gasteiger partial charge in [-0.1, -0.05) is 0 Å². The van der Waals surface area contributed by atoms with Crippen molar-refractivity contribution in [2.75, 3.05) is 39.4 Å². The van der Waals surface area contributed by atoms with Crippen molar-refractivity contribution < 1.29 is 9.53 Å². The molecule has 0 aromatic carbocycles. The van der Waals surface area contributed by atoms with E-state index in [-0.39, 0.29) is 12.5 Å². The summed E-state index contributed by atoms with van der Waals surface area (Å²) in [5.74, 6) is 5.89. The van der Waals surface area contributed by atoms with Crippen LogP contribution >= 0.6 is 0 Å². The Hall–Kier alpha value is -1.34. The standard InChI is InChI=1S/C13H27N5O2/c1-2-20-10-6-7-15-13(17-14)16-11-12(19)18-8-4-3-5-9-18/h2-11,14H2,1H3,(H2,15,16,17). The monoisotopic (exact) mass is 285 g/mol. The number of hydrazine groups is 1. The molecule has 1 amide bonds. The molecule has 0 unspecified atom stereocenters. The Morgan fingerprint density at radius 2 is 2.10 bits per heavy atom. The van der Waals surface area contributed by atoms with Crippen molar-refractivity contribution in [2.45, 2.75) is 32.6 Å². The molecular formula is C13H27N5O2. The Bertz CT molecular complexity index is 303. The molecule has 20 heavy (non-hydrogen) atoms. The van der Waals surface area contributed by atoms with Crippen LogP contribution in [0, 0.1) is 0 Å². The molecule has 4 N–H and O–H groups in total. The number of nitrogens with two attached hydrogens (primary N) is 1. The first-order valence-electron chi connectivity index (χ1n) is 7.38. The predicted octanol–water partition coefficient (Wildman–Crippen LogP) is -0.166. The second-order valence-corrected chi connectivity index (χ2v) is 4.73. The van der Waals surface area contributed by atoms with Gasteiger partial charge in [0, 0.05) is 32.8 Å². The summed E-state index contributed by atoms with van der Waals surface area (Å²) >= 11 is 0. The largest absolute Gasteiger partial charge is 0.382 e. The van der Waals surface area contributed by atoms with E-state index in [2.05, 4.69) is 15.7 Å². The molecule has 0 spiro atoms. The summed E-state index contributed by atoms with van der Waals surface area (Å²) in [6.45, 7) is 5.93. The van der Waals surface area contributed by atoms with E-state index in [1.807, 2.05) is 11.8 Å². The molecule has 1 heterocycles. The minimum atomic E-state index is 0.0635. The Morgan fingerprint density at radius 1 is 1.35 bits per heavy atom. The molecule has 0 aromatic rings. The number of nitrogens with one attached hydrogen (secondary N) is 2. The third-order valence-corrected chi connectivity index (χ3v) is 3.18. The van der Waals surface area contributed by atoms with E-state index in [0.717, 1.165) is 39.0 Å². The number of rotatable bonds is 7.